The molecule has 2 aromatic carbocycles. The molecular formula is C24H27N3O3. The molecule has 6 nitrogen and oxygen atoms in total. The van der Waals surface area contributed by atoms with Gasteiger partial charge in [0.15, 0.2) is 0 Å². The Morgan fingerprint density at radius 1 is 1.10 bits per heavy atom. The van der Waals surface area contributed by atoms with Crippen LogP contribution < -0.4 is 10.2 Å². The lowest BCUT2D eigenvalue weighted by atomic mass is 9.74. The number of imide groups is 2. The van der Waals surface area contributed by atoms with Gasteiger partial charge in [0.05, 0.1) is 0 Å². The van der Waals surface area contributed by atoms with Crippen LogP contribution >= 0.6 is 0 Å². The Morgan fingerprint density at radius 2 is 1.83 bits per heavy atom. The van der Waals surface area contributed by atoms with Gasteiger partial charge in [0, 0.05) is 25.3 Å². The lowest BCUT2D eigenvalue weighted by Gasteiger charge is -2.46. The van der Waals surface area contributed by atoms with Gasteiger partial charge in [-0.15, -0.1) is 0 Å². The molecule has 1 N–H and O–H groups in total. The number of barbiturate groups is 1. The summed E-state index contributed by atoms with van der Waals surface area (Å²) >= 11 is 0. The molecule has 0 radical (unpaired) electrons. The third kappa shape index (κ3) is 3.36. The largest absolute Gasteiger partial charge is 0.373 e. The molecule has 30 heavy (non-hydrogen) atoms. The van der Waals surface area contributed by atoms with Gasteiger partial charge in [0.1, 0.15) is 5.41 Å². The quantitative estimate of drug-likeness (QED) is 0.794. The van der Waals surface area contributed by atoms with Gasteiger partial charge in [-0.2, -0.15) is 0 Å². The van der Waals surface area contributed by atoms with Crippen LogP contribution in [0.15, 0.2) is 48.5 Å². The van der Waals surface area contributed by atoms with Crippen molar-refractivity contribution in [3.05, 3.63) is 65.2 Å². The number of hydrogen-bond donors (Lipinski definition) is 1. The van der Waals surface area contributed by atoms with Crippen LogP contribution in [0.3, 0.4) is 0 Å². The summed E-state index contributed by atoms with van der Waals surface area (Å²) in [7, 11) is 1.88. The van der Waals surface area contributed by atoms with E-state index in [4.69, 9.17) is 0 Å². The van der Waals surface area contributed by atoms with Crippen molar-refractivity contribution in [2.24, 2.45) is 5.41 Å². The van der Waals surface area contributed by atoms with Gasteiger partial charge in [-0.3, -0.25) is 19.8 Å². The third-order valence-electron chi connectivity index (χ3n) is 6.28. The Kier molecular flexibility index (Phi) is 5.10. The number of carbonyl (C=O) groups is 3. The zero-order valence-corrected chi connectivity index (χ0v) is 17.6. The fraction of sp³-hybridized carbons (Fsp3) is 0.375. The van der Waals surface area contributed by atoms with Gasteiger partial charge in [-0.05, 0) is 50.3 Å². The number of carbonyl (C=O) groups excluding carboxylic acids is 3. The van der Waals surface area contributed by atoms with Crippen molar-refractivity contribution in [3.63, 3.8) is 0 Å². The van der Waals surface area contributed by atoms with Gasteiger partial charge in [-0.1, -0.05) is 48.0 Å². The number of benzene rings is 2. The van der Waals surface area contributed by atoms with Crippen LogP contribution in [0.5, 0.6) is 0 Å². The van der Waals surface area contributed by atoms with Crippen molar-refractivity contribution in [1.29, 1.82) is 0 Å². The molecule has 2 atom stereocenters. The van der Waals surface area contributed by atoms with Crippen LogP contribution in [0, 0.1) is 12.3 Å². The molecular weight excluding hydrogens is 378 g/mol. The molecule has 4 rings (SSSR count). The van der Waals surface area contributed by atoms with Gasteiger partial charge in [0.2, 0.25) is 11.8 Å². The van der Waals surface area contributed by atoms with E-state index in [-0.39, 0.29) is 12.6 Å². The summed E-state index contributed by atoms with van der Waals surface area (Å²) in [4.78, 5) is 42.4. The number of fused-ring (bicyclic) bond motifs is 1. The van der Waals surface area contributed by atoms with Crippen molar-refractivity contribution in [2.45, 2.75) is 39.2 Å². The maximum Gasteiger partial charge on any atom is 0.331 e. The molecule has 2 heterocycles. The van der Waals surface area contributed by atoms with Crippen LogP contribution in [-0.2, 0) is 22.4 Å². The first-order chi connectivity index (χ1) is 14.3. The average Bonchev–Trinajstić information content (AvgIpc) is 2.71. The Labute approximate surface area is 176 Å². The SMILES string of the molecule is Cc1ccc2c(c1)CC1(CN2C)C(=O)NC(=O)N(C(C)CCc2ccccc2)C1=O. The maximum atomic E-state index is 13.6. The molecule has 1 fully saturated rings. The van der Waals surface area contributed by atoms with E-state index >= 15 is 0 Å². The summed E-state index contributed by atoms with van der Waals surface area (Å²) in [5.74, 6) is -0.890. The normalized spacial score (nSPS) is 22.2. The molecule has 0 aromatic heterocycles. The Balaban J connectivity index is 1.61. The lowest BCUT2D eigenvalue weighted by molar-refractivity contribution is -0.152. The fourth-order valence-electron chi connectivity index (χ4n) is 4.64. The number of anilines is 1. The molecule has 2 aliphatic rings. The number of rotatable bonds is 4. The van der Waals surface area contributed by atoms with Crippen LogP contribution in [0.1, 0.15) is 30.0 Å². The Morgan fingerprint density at radius 3 is 2.57 bits per heavy atom. The second kappa shape index (κ2) is 7.59. The number of urea groups is 1. The molecule has 0 saturated carbocycles. The van der Waals surface area contributed by atoms with Crippen molar-refractivity contribution in [2.75, 3.05) is 18.5 Å². The van der Waals surface area contributed by atoms with Crippen molar-refractivity contribution < 1.29 is 14.4 Å². The van der Waals surface area contributed by atoms with Crippen molar-refractivity contribution in [1.82, 2.24) is 10.2 Å². The molecule has 156 valence electrons. The maximum absolute atomic E-state index is 13.6. The predicted molar refractivity (Wildman–Crippen MR) is 115 cm³/mol. The van der Waals surface area contributed by atoms with Gasteiger partial charge in [0.25, 0.3) is 0 Å². The second-order valence-corrected chi connectivity index (χ2v) is 8.55. The smallest absolute Gasteiger partial charge is 0.331 e. The molecule has 0 bridgehead atoms. The first-order valence-electron chi connectivity index (χ1n) is 10.4. The molecule has 2 aromatic rings. The van der Waals surface area contributed by atoms with Crippen molar-refractivity contribution in [3.8, 4) is 0 Å². The summed E-state index contributed by atoms with van der Waals surface area (Å²) in [6, 6.07) is 15.1. The second-order valence-electron chi connectivity index (χ2n) is 8.55. The van der Waals surface area contributed by atoms with E-state index in [0.29, 0.717) is 12.8 Å². The lowest BCUT2D eigenvalue weighted by Crippen LogP contribution is -2.69. The van der Waals surface area contributed by atoms with E-state index in [0.717, 1.165) is 28.8 Å². The first kappa shape index (κ1) is 20.1. The molecule has 6 heteroatoms. The minimum atomic E-state index is -1.29. The molecule has 1 saturated heterocycles. The van der Waals surface area contributed by atoms with E-state index in [1.54, 1.807) is 0 Å². The van der Waals surface area contributed by atoms with Crippen LogP contribution in [0.25, 0.3) is 0 Å². The monoisotopic (exact) mass is 405 g/mol. The standard InChI is InChI=1S/C24H27N3O3/c1-16-9-12-20-19(13-16)14-24(15-26(20)3)21(28)25-23(30)27(22(24)29)17(2)10-11-18-7-5-4-6-8-18/h4-9,12-13,17H,10-11,14-15H2,1-3H3,(H,25,28,30). The third-order valence-corrected chi connectivity index (χ3v) is 6.28. The highest BCUT2D eigenvalue weighted by atomic mass is 16.2. The average molecular weight is 405 g/mol. The zero-order chi connectivity index (χ0) is 21.5. The Bertz CT molecular complexity index is 1000. The zero-order valence-electron chi connectivity index (χ0n) is 17.6. The number of aryl methyl sites for hydroxylation is 2. The van der Waals surface area contributed by atoms with Crippen molar-refractivity contribution >= 4 is 23.5 Å². The van der Waals surface area contributed by atoms with E-state index in [1.165, 1.54) is 4.90 Å². The molecule has 2 unspecified atom stereocenters. The van der Waals surface area contributed by atoms with Gasteiger partial charge >= 0.3 is 6.03 Å². The van der Waals surface area contributed by atoms with E-state index in [2.05, 4.69) is 5.32 Å². The van der Waals surface area contributed by atoms with E-state index < -0.39 is 23.3 Å². The summed E-state index contributed by atoms with van der Waals surface area (Å²) in [6.07, 6.45) is 1.69. The van der Waals surface area contributed by atoms with Crippen LogP contribution in [0.2, 0.25) is 0 Å². The molecule has 0 aliphatic carbocycles. The number of nitrogens with one attached hydrogen (secondary N) is 1. The van der Waals surface area contributed by atoms with Crippen LogP contribution in [-0.4, -0.2) is 42.4 Å². The minimum absolute atomic E-state index is 0.253. The first-order valence-corrected chi connectivity index (χ1v) is 10.4. The van der Waals surface area contributed by atoms with E-state index in [9.17, 15) is 14.4 Å². The number of nitrogens with zero attached hydrogens (tertiary/aromatic N) is 2. The minimum Gasteiger partial charge on any atom is -0.373 e. The summed E-state index contributed by atoms with van der Waals surface area (Å²) in [5, 5.41) is 2.47. The highest BCUT2D eigenvalue weighted by molar-refractivity contribution is 6.20. The van der Waals surface area contributed by atoms with E-state index in [1.807, 2.05) is 74.3 Å². The molecule has 1 spiro atoms. The summed E-state index contributed by atoms with van der Waals surface area (Å²) in [6.45, 7) is 4.11. The number of amides is 4. The highest BCUT2D eigenvalue weighted by Crippen LogP contribution is 2.40. The molecule has 4 amide bonds. The fourth-order valence-corrected chi connectivity index (χ4v) is 4.64. The van der Waals surface area contributed by atoms with Gasteiger partial charge in [-0.25, -0.2) is 4.79 Å². The van der Waals surface area contributed by atoms with Gasteiger partial charge < -0.3 is 4.90 Å². The Hall–Kier alpha value is -3.15. The predicted octanol–water partition coefficient (Wildman–Crippen LogP) is 3.07. The summed E-state index contributed by atoms with van der Waals surface area (Å²) in [5.41, 5.74) is 2.92. The molecule has 2 aliphatic heterocycles. The number of hydrogen-bond acceptors (Lipinski definition) is 4. The van der Waals surface area contributed by atoms with Crippen LogP contribution in [0.4, 0.5) is 10.5 Å². The summed E-state index contributed by atoms with van der Waals surface area (Å²) < 4.78 is 0. The highest BCUT2D eigenvalue weighted by Gasteiger charge is 2.57. The topological polar surface area (TPSA) is 69.7 Å².